The number of para-hydroxylation sites is 1. The van der Waals surface area contributed by atoms with Crippen LogP contribution in [-0.2, 0) is 22.7 Å². The zero-order valence-electron chi connectivity index (χ0n) is 24.8. The molecule has 1 amide bonds. The van der Waals surface area contributed by atoms with E-state index in [4.69, 9.17) is 9.47 Å². The Morgan fingerprint density at radius 2 is 1.47 bits per heavy atom. The van der Waals surface area contributed by atoms with Crippen LogP contribution in [0.25, 0.3) is 10.8 Å². The second-order valence-electron chi connectivity index (χ2n) is 12.0. The number of likely N-dealkylation sites (tertiary alicyclic amines) is 2. The fourth-order valence-electron chi connectivity index (χ4n) is 6.55. The Labute approximate surface area is 260 Å². The third-order valence-corrected chi connectivity index (χ3v) is 9.16. The van der Waals surface area contributed by atoms with Gasteiger partial charge in [-0.15, -0.1) is 0 Å². The summed E-state index contributed by atoms with van der Waals surface area (Å²) in [6.07, 6.45) is -4.60. The molecule has 4 aromatic rings. The van der Waals surface area contributed by atoms with Gasteiger partial charge in [0.25, 0.3) is 5.91 Å². The van der Waals surface area contributed by atoms with Gasteiger partial charge >= 0.3 is 12.1 Å². The van der Waals surface area contributed by atoms with Crippen molar-refractivity contribution in [2.24, 2.45) is 5.41 Å². The van der Waals surface area contributed by atoms with Gasteiger partial charge in [0.2, 0.25) is 0 Å². The lowest BCUT2D eigenvalue weighted by atomic mass is 9.69. The number of piperidine rings is 2. The van der Waals surface area contributed by atoms with Crippen molar-refractivity contribution in [1.82, 2.24) is 9.80 Å². The molecule has 0 aliphatic carbocycles. The molecule has 0 aromatic heterocycles. The molecule has 1 atom stereocenters. The van der Waals surface area contributed by atoms with Crippen LogP contribution in [0.15, 0.2) is 97.1 Å². The standard InChI is InChI=1S/C36H35F3N2O4/c37-36(38,39)34(43)45-32-24-40(23-30-12-6-7-13-31(30)44-25-26-8-2-1-3-9-26)19-16-35(32)17-20-41(21-18-35)33(42)29-15-14-27-10-4-5-11-28(27)22-29/h1-15,22,32H,16-21,23-25H2. The minimum atomic E-state index is -5.09. The van der Waals surface area contributed by atoms with Crippen LogP contribution in [0, 0.1) is 5.41 Å². The molecule has 2 saturated heterocycles. The molecule has 0 bridgehead atoms. The zero-order valence-corrected chi connectivity index (χ0v) is 24.8. The molecule has 2 heterocycles. The first kappa shape index (κ1) is 30.6. The second-order valence-corrected chi connectivity index (χ2v) is 12.0. The fourth-order valence-corrected chi connectivity index (χ4v) is 6.55. The van der Waals surface area contributed by atoms with E-state index in [1.54, 1.807) is 4.90 Å². The van der Waals surface area contributed by atoms with Crippen LogP contribution in [0.3, 0.4) is 0 Å². The van der Waals surface area contributed by atoms with E-state index in [1.807, 2.05) is 102 Å². The summed E-state index contributed by atoms with van der Waals surface area (Å²) in [5.41, 5.74) is 1.85. The normalized spacial score (nSPS) is 18.6. The van der Waals surface area contributed by atoms with E-state index < -0.39 is 23.7 Å². The highest BCUT2D eigenvalue weighted by molar-refractivity contribution is 5.98. The zero-order chi connectivity index (χ0) is 31.4. The van der Waals surface area contributed by atoms with Crippen molar-refractivity contribution >= 4 is 22.6 Å². The average Bonchev–Trinajstić information content (AvgIpc) is 3.06. The Hall–Kier alpha value is -4.37. The Morgan fingerprint density at radius 1 is 0.800 bits per heavy atom. The summed E-state index contributed by atoms with van der Waals surface area (Å²) in [7, 11) is 0. The summed E-state index contributed by atoms with van der Waals surface area (Å²) >= 11 is 0. The van der Waals surface area contributed by atoms with Crippen molar-refractivity contribution in [2.75, 3.05) is 26.2 Å². The summed E-state index contributed by atoms with van der Waals surface area (Å²) in [4.78, 5) is 29.3. The van der Waals surface area contributed by atoms with E-state index in [0.717, 1.165) is 21.9 Å². The highest BCUT2D eigenvalue weighted by Gasteiger charge is 2.51. The summed E-state index contributed by atoms with van der Waals surface area (Å²) in [6, 6.07) is 30.8. The van der Waals surface area contributed by atoms with Gasteiger partial charge in [-0.2, -0.15) is 13.2 Å². The van der Waals surface area contributed by atoms with Crippen LogP contribution >= 0.6 is 0 Å². The quantitative estimate of drug-likeness (QED) is 0.209. The monoisotopic (exact) mass is 616 g/mol. The summed E-state index contributed by atoms with van der Waals surface area (Å²) < 4.78 is 51.5. The van der Waals surface area contributed by atoms with Gasteiger partial charge in [-0.05, 0) is 60.3 Å². The number of alkyl halides is 3. The van der Waals surface area contributed by atoms with Gasteiger partial charge in [0.05, 0.1) is 0 Å². The van der Waals surface area contributed by atoms with Gasteiger partial charge in [-0.1, -0.05) is 78.9 Å². The maximum Gasteiger partial charge on any atom is 0.490 e. The highest BCUT2D eigenvalue weighted by Crippen LogP contribution is 2.44. The Bertz CT molecular complexity index is 1650. The van der Waals surface area contributed by atoms with Crippen LogP contribution < -0.4 is 4.74 Å². The van der Waals surface area contributed by atoms with Gasteiger partial charge in [0.15, 0.2) is 0 Å². The third-order valence-electron chi connectivity index (χ3n) is 9.16. The first-order valence-electron chi connectivity index (χ1n) is 15.2. The maximum atomic E-state index is 13.4. The number of fused-ring (bicyclic) bond motifs is 1. The number of nitrogens with zero attached hydrogens (tertiary/aromatic N) is 2. The van der Waals surface area contributed by atoms with Gasteiger partial charge in [0.1, 0.15) is 18.5 Å². The molecular formula is C36H35F3N2O4. The number of carbonyl (C=O) groups is 2. The predicted molar refractivity (Wildman–Crippen MR) is 165 cm³/mol. The molecule has 6 rings (SSSR count). The van der Waals surface area contributed by atoms with Gasteiger partial charge in [0, 0.05) is 42.7 Å². The minimum Gasteiger partial charge on any atom is -0.489 e. The lowest BCUT2D eigenvalue weighted by Gasteiger charge is -2.51. The van der Waals surface area contributed by atoms with Crippen LogP contribution in [-0.4, -0.2) is 60.1 Å². The number of hydrogen-bond donors (Lipinski definition) is 0. The Morgan fingerprint density at radius 3 is 2.22 bits per heavy atom. The van der Waals surface area contributed by atoms with E-state index >= 15 is 0 Å². The van der Waals surface area contributed by atoms with Crippen LogP contribution in [0.2, 0.25) is 0 Å². The summed E-state index contributed by atoms with van der Waals surface area (Å²) in [5, 5.41) is 2.01. The molecule has 2 fully saturated rings. The number of carbonyl (C=O) groups excluding carboxylic acids is 2. The van der Waals surface area contributed by atoms with Crippen LogP contribution in [0.5, 0.6) is 5.75 Å². The minimum absolute atomic E-state index is 0.107. The fraction of sp³-hybridized carbons (Fsp3) is 0.333. The lowest BCUT2D eigenvalue weighted by Crippen LogP contribution is -2.57. The van der Waals surface area contributed by atoms with Gasteiger partial charge in [-0.3, -0.25) is 9.69 Å². The van der Waals surface area contributed by atoms with Gasteiger partial charge < -0.3 is 14.4 Å². The van der Waals surface area contributed by atoms with Crippen molar-refractivity contribution in [2.45, 2.75) is 44.7 Å². The maximum absolute atomic E-state index is 13.4. The molecule has 234 valence electrons. The van der Waals surface area contributed by atoms with E-state index in [-0.39, 0.29) is 12.5 Å². The Balaban J connectivity index is 1.15. The van der Waals surface area contributed by atoms with Crippen molar-refractivity contribution in [1.29, 1.82) is 0 Å². The first-order chi connectivity index (χ1) is 21.7. The molecule has 2 aliphatic rings. The van der Waals surface area contributed by atoms with Gasteiger partial charge in [-0.25, -0.2) is 4.79 Å². The average molecular weight is 617 g/mol. The number of rotatable bonds is 7. The second kappa shape index (κ2) is 12.9. The number of benzene rings is 4. The van der Waals surface area contributed by atoms with Crippen molar-refractivity contribution in [3.05, 3.63) is 114 Å². The van der Waals surface area contributed by atoms with Crippen molar-refractivity contribution < 1.29 is 32.2 Å². The SMILES string of the molecule is O=C(c1ccc2ccccc2c1)N1CCC2(CCN(Cc3ccccc3OCc3ccccc3)CC2OC(=O)C(F)(F)F)CC1. The van der Waals surface area contributed by atoms with E-state index in [9.17, 15) is 22.8 Å². The number of amides is 1. The largest absolute Gasteiger partial charge is 0.490 e. The van der Waals surface area contributed by atoms with Crippen LogP contribution in [0.4, 0.5) is 13.2 Å². The Kier molecular flexibility index (Phi) is 8.81. The molecule has 9 heteroatoms. The summed E-state index contributed by atoms with van der Waals surface area (Å²) in [5.74, 6) is -1.58. The molecule has 6 nitrogen and oxygen atoms in total. The molecule has 2 aliphatic heterocycles. The molecule has 4 aromatic carbocycles. The van der Waals surface area contributed by atoms with Crippen molar-refractivity contribution in [3.63, 3.8) is 0 Å². The lowest BCUT2D eigenvalue weighted by molar-refractivity contribution is -0.216. The van der Waals surface area contributed by atoms with E-state index in [0.29, 0.717) is 63.4 Å². The van der Waals surface area contributed by atoms with E-state index in [1.165, 1.54) is 0 Å². The smallest absolute Gasteiger partial charge is 0.489 e. The number of hydrogen-bond acceptors (Lipinski definition) is 5. The predicted octanol–water partition coefficient (Wildman–Crippen LogP) is 7.02. The molecule has 0 radical (unpaired) electrons. The number of esters is 1. The molecule has 0 saturated carbocycles. The van der Waals surface area contributed by atoms with Crippen LogP contribution in [0.1, 0.15) is 40.7 Å². The molecule has 0 N–H and O–H groups in total. The molecule has 45 heavy (non-hydrogen) atoms. The first-order valence-corrected chi connectivity index (χ1v) is 15.2. The third kappa shape index (κ3) is 6.99. The topological polar surface area (TPSA) is 59.1 Å². The summed E-state index contributed by atoms with van der Waals surface area (Å²) in [6.45, 7) is 2.36. The van der Waals surface area contributed by atoms with E-state index in [2.05, 4.69) is 0 Å². The molecule has 1 unspecified atom stereocenters. The highest BCUT2D eigenvalue weighted by atomic mass is 19.4. The molecular weight excluding hydrogens is 581 g/mol. The number of halogens is 3. The number of ether oxygens (including phenoxy) is 2. The molecule has 1 spiro atoms. The van der Waals surface area contributed by atoms with Crippen molar-refractivity contribution in [3.8, 4) is 5.75 Å².